The number of alkyl halides is 1. The molecule has 0 amide bonds. The predicted octanol–water partition coefficient (Wildman–Crippen LogP) is 3.73. The van der Waals surface area contributed by atoms with Crippen molar-refractivity contribution in [1.29, 1.82) is 0 Å². The van der Waals surface area contributed by atoms with Gasteiger partial charge < -0.3 is 34.2 Å². The summed E-state index contributed by atoms with van der Waals surface area (Å²) in [7, 11) is 0. The van der Waals surface area contributed by atoms with E-state index in [1.807, 2.05) is 24.3 Å². The Hall–Kier alpha value is -0.650. The van der Waals surface area contributed by atoms with Crippen molar-refractivity contribution in [1.82, 2.24) is 0 Å². The molecule has 0 aliphatic rings. The third kappa shape index (κ3) is 17.1. The quantitative estimate of drug-likeness (QED) is 0.104. The number of hydrogen-bond acceptors (Lipinski definition) is 7. The van der Waals surface area contributed by atoms with Crippen LogP contribution in [0.4, 0.5) is 5.69 Å². The summed E-state index contributed by atoms with van der Waals surface area (Å²) in [5, 5.41) is 0. The van der Waals surface area contributed by atoms with Gasteiger partial charge in [0.1, 0.15) is 12.4 Å². The Morgan fingerprint density at radius 1 is 0.567 bits per heavy atom. The van der Waals surface area contributed by atoms with Gasteiger partial charge in [0.25, 0.3) is 0 Å². The van der Waals surface area contributed by atoms with E-state index in [0.29, 0.717) is 77.5 Å². The Balaban J connectivity index is 1.70. The number of rotatable bonds is 22. The Labute approximate surface area is 195 Å². The Morgan fingerprint density at radius 3 is 1.57 bits per heavy atom. The summed E-state index contributed by atoms with van der Waals surface area (Å²) in [5.74, 6) is 0.684. The molecule has 1 aromatic carbocycles. The van der Waals surface area contributed by atoms with Crippen LogP contribution in [0.3, 0.4) is 0 Å². The van der Waals surface area contributed by atoms with Crippen LogP contribution in [0.15, 0.2) is 24.3 Å². The summed E-state index contributed by atoms with van der Waals surface area (Å²) in [6.45, 7) is 6.34. The van der Waals surface area contributed by atoms with Gasteiger partial charge in [0, 0.05) is 6.61 Å². The number of ether oxygens (including phenoxy) is 6. The maximum absolute atomic E-state index is 5.80. The molecule has 30 heavy (non-hydrogen) atoms. The Kier molecular flexibility index (Phi) is 19.7. The van der Waals surface area contributed by atoms with Crippen molar-refractivity contribution in [2.24, 2.45) is 0 Å². The van der Waals surface area contributed by atoms with Gasteiger partial charge >= 0.3 is 0 Å². The number of hydrogen-bond donors (Lipinski definition) is 1. The molecule has 0 spiro atoms. The first-order valence-corrected chi connectivity index (χ1v) is 12.3. The minimum atomic E-state index is 0.459. The van der Waals surface area contributed by atoms with Crippen molar-refractivity contribution in [2.75, 3.05) is 82.8 Å². The summed E-state index contributed by atoms with van der Waals surface area (Å²) < 4.78 is 34.2. The lowest BCUT2D eigenvalue weighted by atomic mass is 10.2. The maximum atomic E-state index is 5.80. The number of nitrogens with two attached hydrogens (primary N) is 1. The van der Waals surface area contributed by atoms with E-state index in [2.05, 4.69) is 22.6 Å². The average Bonchev–Trinajstić information content (AvgIpc) is 2.76. The summed E-state index contributed by atoms with van der Waals surface area (Å²) in [4.78, 5) is 0. The molecule has 0 aliphatic heterocycles. The van der Waals surface area contributed by atoms with Crippen molar-refractivity contribution >= 4 is 28.3 Å². The van der Waals surface area contributed by atoms with Crippen LogP contribution in [-0.4, -0.2) is 77.1 Å². The Bertz CT molecular complexity index is 494. The van der Waals surface area contributed by atoms with Gasteiger partial charge in [-0.2, -0.15) is 0 Å². The van der Waals surface area contributed by atoms with Gasteiger partial charge in [-0.25, -0.2) is 0 Å². The van der Waals surface area contributed by atoms with E-state index in [0.717, 1.165) is 13.0 Å². The molecule has 0 aromatic heterocycles. The molecule has 2 N–H and O–H groups in total. The van der Waals surface area contributed by atoms with Gasteiger partial charge in [-0.05, 0) is 29.4 Å². The van der Waals surface area contributed by atoms with Crippen LogP contribution in [-0.2, 0) is 23.7 Å². The van der Waals surface area contributed by atoms with Crippen LogP contribution in [0.2, 0.25) is 0 Å². The van der Waals surface area contributed by atoms with Crippen LogP contribution in [0.1, 0.15) is 25.7 Å². The fraction of sp³-hybridized carbons (Fsp3) is 0.727. The maximum Gasteiger partial charge on any atom is 0.142 e. The second-order valence-corrected chi connectivity index (χ2v) is 7.63. The smallest absolute Gasteiger partial charge is 0.142 e. The van der Waals surface area contributed by atoms with Crippen LogP contribution >= 0.6 is 22.6 Å². The van der Waals surface area contributed by atoms with E-state index < -0.39 is 0 Å². The summed E-state index contributed by atoms with van der Waals surface area (Å²) in [6, 6.07) is 7.41. The summed E-state index contributed by atoms with van der Waals surface area (Å²) >= 11 is 2.42. The molecule has 0 aliphatic carbocycles. The molecule has 0 fully saturated rings. The van der Waals surface area contributed by atoms with E-state index in [1.165, 1.54) is 23.7 Å². The first-order valence-electron chi connectivity index (χ1n) is 10.8. The normalized spacial score (nSPS) is 11.1. The van der Waals surface area contributed by atoms with Crippen molar-refractivity contribution in [3.05, 3.63) is 24.3 Å². The molecular formula is C22H38INO6. The van der Waals surface area contributed by atoms with E-state index in [9.17, 15) is 0 Å². The molecule has 0 bridgehead atoms. The third-order valence-corrected chi connectivity index (χ3v) is 4.83. The zero-order chi connectivity index (χ0) is 21.5. The lowest BCUT2D eigenvalue weighted by Gasteiger charge is -2.09. The monoisotopic (exact) mass is 539 g/mol. The fourth-order valence-corrected chi connectivity index (χ4v) is 3.00. The highest BCUT2D eigenvalue weighted by atomic mass is 127. The van der Waals surface area contributed by atoms with Gasteiger partial charge in [-0.3, -0.25) is 0 Å². The molecule has 174 valence electrons. The van der Waals surface area contributed by atoms with Gasteiger partial charge in [0.05, 0.1) is 65.1 Å². The van der Waals surface area contributed by atoms with Crippen molar-refractivity contribution in [2.45, 2.75) is 25.7 Å². The minimum absolute atomic E-state index is 0.459. The number of anilines is 1. The summed E-state index contributed by atoms with van der Waals surface area (Å²) in [5.41, 5.74) is 6.43. The molecule has 0 saturated carbocycles. The highest BCUT2D eigenvalue weighted by Gasteiger charge is 1.98. The molecule has 0 saturated heterocycles. The summed E-state index contributed by atoms with van der Waals surface area (Å²) in [6.07, 6.45) is 5.01. The van der Waals surface area contributed by atoms with Gasteiger partial charge in [0.15, 0.2) is 0 Å². The highest BCUT2D eigenvalue weighted by Crippen LogP contribution is 2.19. The standard InChI is InChI=1S/C22H38INO6/c23-9-5-1-2-6-10-25-11-12-26-13-14-27-15-16-28-17-18-29-19-20-30-22-8-4-3-7-21(22)24/h3-4,7-8H,1-2,5-6,9-20,24H2. The number of unbranched alkanes of at least 4 members (excludes halogenated alkanes) is 3. The number of benzene rings is 1. The second-order valence-electron chi connectivity index (χ2n) is 6.55. The second kappa shape index (κ2) is 21.6. The highest BCUT2D eigenvalue weighted by molar-refractivity contribution is 14.1. The van der Waals surface area contributed by atoms with Crippen molar-refractivity contribution in [3.8, 4) is 5.75 Å². The first-order chi connectivity index (χ1) is 14.8. The lowest BCUT2D eigenvalue weighted by Crippen LogP contribution is -2.14. The molecule has 0 heterocycles. The average molecular weight is 539 g/mol. The number of halogens is 1. The van der Waals surface area contributed by atoms with Crippen LogP contribution < -0.4 is 10.5 Å². The molecular weight excluding hydrogens is 501 g/mol. The molecule has 0 atom stereocenters. The fourth-order valence-electron chi connectivity index (χ4n) is 2.46. The largest absolute Gasteiger partial charge is 0.489 e. The molecule has 0 unspecified atom stereocenters. The third-order valence-electron chi connectivity index (χ3n) is 4.06. The van der Waals surface area contributed by atoms with E-state index in [4.69, 9.17) is 34.2 Å². The predicted molar refractivity (Wildman–Crippen MR) is 128 cm³/mol. The van der Waals surface area contributed by atoms with Gasteiger partial charge in [-0.1, -0.05) is 47.6 Å². The molecule has 0 radical (unpaired) electrons. The minimum Gasteiger partial charge on any atom is -0.489 e. The Morgan fingerprint density at radius 2 is 1.03 bits per heavy atom. The zero-order valence-electron chi connectivity index (χ0n) is 18.0. The SMILES string of the molecule is Nc1ccccc1OCCOCCOCCOCCOCCOCCCCCCI. The number of nitrogen functional groups attached to an aromatic ring is 1. The van der Waals surface area contributed by atoms with Crippen LogP contribution in [0.25, 0.3) is 0 Å². The van der Waals surface area contributed by atoms with E-state index >= 15 is 0 Å². The lowest BCUT2D eigenvalue weighted by molar-refractivity contribution is -0.0128. The molecule has 1 rings (SSSR count). The molecule has 8 heteroatoms. The zero-order valence-corrected chi connectivity index (χ0v) is 20.2. The van der Waals surface area contributed by atoms with E-state index in [1.54, 1.807) is 0 Å². The molecule has 1 aromatic rings. The van der Waals surface area contributed by atoms with Crippen molar-refractivity contribution in [3.63, 3.8) is 0 Å². The van der Waals surface area contributed by atoms with Crippen LogP contribution in [0, 0.1) is 0 Å². The number of para-hydroxylation sites is 2. The van der Waals surface area contributed by atoms with Crippen molar-refractivity contribution < 1.29 is 28.4 Å². The van der Waals surface area contributed by atoms with Gasteiger partial charge in [-0.15, -0.1) is 0 Å². The molecule has 7 nitrogen and oxygen atoms in total. The topological polar surface area (TPSA) is 81.4 Å². The van der Waals surface area contributed by atoms with E-state index in [-0.39, 0.29) is 0 Å². The van der Waals surface area contributed by atoms with Gasteiger partial charge in [0.2, 0.25) is 0 Å². The van der Waals surface area contributed by atoms with Crippen LogP contribution in [0.5, 0.6) is 5.75 Å². The first kappa shape index (κ1) is 27.4.